The van der Waals surface area contributed by atoms with Gasteiger partial charge in [-0.3, -0.25) is 4.79 Å². The van der Waals surface area contributed by atoms with Gasteiger partial charge in [0.2, 0.25) is 0 Å². The van der Waals surface area contributed by atoms with Gasteiger partial charge in [-0.15, -0.1) is 17.5 Å². The average molecular weight is 400 g/mol. The van der Waals surface area contributed by atoms with Gasteiger partial charge in [-0.1, -0.05) is 16.9 Å². The molecule has 1 amide bonds. The van der Waals surface area contributed by atoms with Gasteiger partial charge < -0.3 is 15.4 Å². The Bertz CT molecular complexity index is 808. The molecule has 0 saturated heterocycles. The van der Waals surface area contributed by atoms with Crippen molar-refractivity contribution in [1.29, 1.82) is 0 Å². The van der Waals surface area contributed by atoms with Crippen LogP contribution in [0, 0.1) is 6.92 Å². The summed E-state index contributed by atoms with van der Waals surface area (Å²) in [6, 6.07) is 5.96. The van der Waals surface area contributed by atoms with Crippen LogP contribution < -0.4 is 15.4 Å². The number of carbonyl (C=O) groups is 1. The highest BCUT2D eigenvalue weighted by atomic mass is 35.5. The predicted octanol–water partition coefficient (Wildman–Crippen LogP) is 2.25. The largest absolute Gasteiger partial charge is 0.435 e. The van der Waals surface area contributed by atoms with Crippen LogP contribution in [-0.2, 0) is 0 Å². The Morgan fingerprint density at radius 1 is 1.37 bits per heavy atom. The molecule has 0 fully saturated rings. The van der Waals surface area contributed by atoms with E-state index in [-0.39, 0.29) is 29.8 Å². The maximum Gasteiger partial charge on any atom is 0.387 e. The fourth-order valence-corrected chi connectivity index (χ4v) is 2.66. The van der Waals surface area contributed by atoms with E-state index in [1.54, 1.807) is 19.1 Å². The van der Waals surface area contributed by atoms with Crippen LogP contribution in [0.3, 0.4) is 0 Å². The third-order valence-corrected chi connectivity index (χ3v) is 4.05. The number of rotatable bonds is 6. The van der Waals surface area contributed by atoms with E-state index in [1.165, 1.54) is 22.4 Å². The fraction of sp³-hybridized carbons (Fsp3) is 0.353. The molecule has 146 valence electrons. The second-order valence-corrected chi connectivity index (χ2v) is 5.81. The molecule has 0 bridgehead atoms. The Hall–Kier alpha value is -2.52. The summed E-state index contributed by atoms with van der Waals surface area (Å²) in [5.74, 6) is -0.249. The fourth-order valence-electron chi connectivity index (χ4n) is 2.66. The van der Waals surface area contributed by atoms with E-state index in [0.29, 0.717) is 17.9 Å². The quantitative estimate of drug-likeness (QED) is 0.728. The van der Waals surface area contributed by atoms with E-state index in [1.807, 2.05) is 0 Å². The third kappa shape index (κ3) is 5.24. The molecular formula is C17H20ClF2N5O2. The first-order valence-corrected chi connectivity index (χ1v) is 8.19. The van der Waals surface area contributed by atoms with Crippen molar-refractivity contribution in [2.75, 3.05) is 19.6 Å². The molecule has 0 radical (unpaired) electrons. The highest BCUT2D eigenvalue weighted by molar-refractivity contribution is 5.93. The van der Waals surface area contributed by atoms with Crippen LogP contribution in [0.5, 0.6) is 5.75 Å². The number of nitrogens with zero attached hydrogens (tertiary/aromatic N) is 3. The summed E-state index contributed by atoms with van der Waals surface area (Å²) in [6.07, 6.45) is 2.97. The number of halogens is 3. The second kappa shape index (κ2) is 9.43. The Morgan fingerprint density at radius 2 is 2.11 bits per heavy atom. The lowest BCUT2D eigenvalue weighted by Gasteiger charge is -2.14. The van der Waals surface area contributed by atoms with E-state index in [2.05, 4.69) is 31.8 Å². The summed E-state index contributed by atoms with van der Waals surface area (Å²) < 4.78 is 30.2. The van der Waals surface area contributed by atoms with Crippen LogP contribution >= 0.6 is 12.4 Å². The molecule has 0 aliphatic carbocycles. The molecule has 0 spiro atoms. The van der Waals surface area contributed by atoms with Gasteiger partial charge in [0.1, 0.15) is 5.75 Å². The zero-order chi connectivity index (χ0) is 18.5. The minimum Gasteiger partial charge on any atom is -0.435 e. The molecule has 2 heterocycles. The van der Waals surface area contributed by atoms with Crippen molar-refractivity contribution in [3.05, 3.63) is 47.3 Å². The Labute approximate surface area is 161 Å². The van der Waals surface area contributed by atoms with Crippen molar-refractivity contribution in [2.24, 2.45) is 0 Å². The smallest absolute Gasteiger partial charge is 0.387 e. The summed E-state index contributed by atoms with van der Waals surface area (Å²) in [6.45, 7) is 1.04. The molecule has 2 N–H and O–H groups in total. The molecule has 0 atom stereocenters. The molecule has 0 unspecified atom stereocenters. The molecule has 27 heavy (non-hydrogen) atoms. The van der Waals surface area contributed by atoms with Gasteiger partial charge in [0.25, 0.3) is 5.91 Å². The minimum absolute atomic E-state index is 0. The summed E-state index contributed by atoms with van der Waals surface area (Å²) in [4.78, 5) is 12.4. The van der Waals surface area contributed by atoms with E-state index < -0.39 is 6.61 Å². The van der Waals surface area contributed by atoms with Crippen molar-refractivity contribution in [2.45, 2.75) is 20.0 Å². The highest BCUT2D eigenvalue weighted by Crippen LogP contribution is 2.18. The summed E-state index contributed by atoms with van der Waals surface area (Å²) in [7, 11) is 0. The van der Waals surface area contributed by atoms with Gasteiger partial charge in [-0.2, -0.15) is 8.78 Å². The molecule has 1 aliphatic rings. The summed E-state index contributed by atoms with van der Waals surface area (Å²) >= 11 is 0. The summed E-state index contributed by atoms with van der Waals surface area (Å²) in [5.41, 5.74) is 2.56. The Kier molecular flexibility index (Phi) is 7.26. The molecule has 7 nitrogen and oxygen atoms in total. The third-order valence-electron chi connectivity index (χ3n) is 4.05. The average Bonchev–Trinajstić information content (AvgIpc) is 3.02. The van der Waals surface area contributed by atoms with Gasteiger partial charge in [0.05, 0.1) is 11.4 Å². The van der Waals surface area contributed by atoms with Crippen LogP contribution in [0.1, 0.15) is 22.6 Å². The topological polar surface area (TPSA) is 81.1 Å². The van der Waals surface area contributed by atoms with Gasteiger partial charge in [-0.05, 0) is 44.2 Å². The van der Waals surface area contributed by atoms with Crippen LogP contribution in [-0.4, -0.2) is 47.1 Å². The number of amides is 1. The molecule has 2 aromatic rings. The minimum atomic E-state index is -2.88. The van der Waals surface area contributed by atoms with Crippen LogP contribution in [0.2, 0.25) is 0 Å². The van der Waals surface area contributed by atoms with Gasteiger partial charge >= 0.3 is 6.61 Å². The molecule has 1 aromatic carbocycles. The van der Waals surface area contributed by atoms with Gasteiger partial charge in [-0.25, -0.2) is 4.68 Å². The van der Waals surface area contributed by atoms with Crippen LogP contribution in [0.25, 0.3) is 5.69 Å². The van der Waals surface area contributed by atoms with E-state index in [4.69, 9.17) is 0 Å². The molecular weight excluding hydrogens is 380 g/mol. The standard InChI is InChI=1S/C17H19F2N5O2.ClH/c1-11-15(16(25)21-10-12-6-8-20-9-7-12)22-23-24(11)13-2-4-14(5-3-13)26-17(18)19;/h2-6,17,20H,7-10H2,1H3,(H,21,25);1H. The number of benzene rings is 1. The number of aromatic nitrogens is 3. The number of alkyl halides is 2. The lowest BCUT2D eigenvalue weighted by molar-refractivity contribution is -0.0498. The zero-order valence-electron chi connectivity index (χ0n) is 14.6. The van der Waals surface area contributed by atoms with E-state index >= 15 is 0 Å². The van der Waals surface area contributed by atoms with Gasteiger partial charge in [0, 0.05) is 13.1 Å². The number of hydrogen-bond donors (Lipinski definition) is 2. The first-order chi connectivity index (χ1) is 12.5. The van der Waals surface area contributed by atoms with Crippen LogP contribution in [0.15, 0.2) is 35.9 Å². The van der Waals surface area contributed by atoms with E-state index in [0.717, 1.165) is 19.5 Å². The van der Waals surface area contributed by atoms with Crippen molar-refractivity contribution in [3.63, 3.8) is 0 Å². The molecule has 1 aliphatic heterocycles. The Morgan fingerprint density at radius 3 is 2.74 bits per heavy atom. The number of hydrogen-bond acceptors (Lipinski definition) is 5. The first kappa shape index (κ1) is 20.8. The highest BCUT2D eigenvalue weighted by Gasteiger charge is 2.18. The Balaban J connectivity index is 0.00000261. The second-order valence-electron chi connectivity index (χ2n) is 5.81. The van der Waals surface area contributed by atoms with Crippen molar-refractivity contribution in [1.82, 2.24) is 25.6 Å². The molecule has 0 saturated carbocycles. The maximum atomic E-state index is 12.4. The zero-order valence-corrected chi connectivity index (χ0v) is 15.4. The first-order valence-electron chi connectivity index (χ1n) is 8.19. The maximum absolute atomic E-state index is 12.4. The molecule has 10 heteroatoms. The van der Waals surface area contributed by atoms with Crippen LogP contribution in [0.4, 0.5) is 8.78 Å². The van der Waals surface area contributed by atoms with Crippen molar-refractivity contribution >= 4 is 18.3 Å². The predicted molar refractivity (Wildman–Crippen MR) is 97.9 cm³/mol. The lowest BCUT2D eigenvalue weighted by atomic mass is 10.1. The number of carbonyl (C=O) groups excluding carboxylic acids is 1. The number of nitrogens with one attached hydrogen (secondary N) is 2. The molecule has 3 rings (SSSR count). The lowest BCUT2D eigenvalue weighted by Crippen LogP contribution is -2.30. The molecule has 1 aromatic heterocycles. The van der Waals surface area contributed by atoms with Gasteiger partial charge in [0.15, 0.2) is 5.69 Å². The monoisotopic (exact) mass is 399 g/mol. The number of ether oxygens (including phenoxy) is 1. The SMILES string of the molecule is Cc1c(C(=O)NCC2=CCNCC2)nnn1-c1ccc(OC(F)F)cc1.Cl. The van der Waals surface area contributed by atoms with Crippen molar-refractivity contribution < 1.29 is 18.3 Å². The van der Waals surface area contributed by atoms with E-state index in [9.17, 15) is 13.6 Å². The normalized spacial score (nSPS) is 13.7. The summed E-state index contributed by atoms with van der Waals surface area (Å²) in [5, 5.41) is 14.0. The van der Waals surface area contributed by atoms with Crippen molar-refractivity contribution in [3.8, 4) is 11.4 Å².